The van der Waals surface area contributed by atoms with Crippen molar-refractivity contribution in [3.63, 3.8) is 0 Å². The highest BCUT2D eigenvalue weighted by Gasteiger charge is 2.56. The molecule has 9 nitrogen and oxygen atoms in total. The average molecular weight is 379 g/mol. The molecule has 0 spiro atoms. The largest absolute Gasteiger partial charge is 0.428 e. The summed E-state index contributed by atoms with van der Waals surface area (Å²) in [5.74, 6) is 0.667. The zero-order valence-electron chi connectivity index (χ0n) is 13.3. The second-order valence-corrected chi connectivity index (χ2v) is 8.15. The molecule has 3 N–H and O–H groups in total. The molecular formula is C15H14FN5O4S. The first kappa shape index (κ1) is 15.7. The molecule has 2 aromatic rings. The van der Waals surface area contributed by atoms with Crippen molar-refractivity contribution in [1.29, 1.82) is 0 Å². The minimum Gasteiger partial charge on any atom is -0.361 e. The Labute approximate surface area is 149 Å². The predicted molar refractivity (Wildman–Crippen MR) is 86.9 cm³/mol. The molecule has 2 unspecified atom stereocenters. The number of amides is 1. The van der Waals surface area contributed by atoms with Crippen molar-refractivity contribution >= 4 is 22.7 Å². The summed E-state index contributed by atoms with van der Waals surface area (Å²) in [5.41, 5.74) is 3.51. The zero-order chi connectivity index (χ0) is 17.9. The Balaban J connectivity index is 1.52. The topological polar surface area (TPSA) is 118 Å². The normalized spacial score (nSPS) is 32.0. The summed E-state index contributed by atoms with van der Waals surface area (Å²) < 4.78 is 29.9. The third kappa shape index (κ3) is 2.23. The Bertz CT molecular complexity index is 929. The van der Waals surface area contributed by atoms with Gasteiger partial charge in [-0.2, -0.15) is 0 Å². The maximum absolute atomic E-state index is 13.7. The van der Waals surface area contributed by atoms with E-state index in [-0.39, 0.29) is 17.8 Å². The van der Waals surface area contributed by atoms with E-state index in [1.807, 2.05) is 0 Å². The summed E-state index contributed by atoms with van der Waals surface area (Å²) in [4.78, 5) is 16.7. The molecule has 2 atom stereocenters. The third-order valence-electron chi connectivity index (χ3n) is 5.01. The SMILES string of the molecule is O=C1NC(c2nonc2NC2CS(=O)C2)(C2Cc3ccc(F)cc32)NO1. The molecular weight excluding hydrogens is 365 g/mol. The van der Waals surface area contributed by atoms with Crippen molar-refractivity contribution in [3.8, 4) is 0 Å². The smallest absolute Gasteiger partial charge is 0.361 e. The number of benzene rings is 1. The van der Waals surface area contributed by atoms with E-state index < -0.39 is 22.6 Å². The van der Waals surface area contributed by atoms with Gasteiger partial charge in [-0.05, 0) is 40.0 Å². The van der Waals surface area contributed by atoms with E-state index in [2.05, 4.69) is 26.4 Å². The molecule has 11 heteroatoms. The first-order valence-corrected chi connectivity index (χ1v) is 9.53. The number of fused-ring (bicyclic) bond motifs is 1. The lowest BCUT2D eigenvalue weighted by Gasteiger charge is -2.41. The molecule has 2 aliphatic heterocycles. The number of nitrogens with one attached hydrogen (secondary N) is 3. The molecule has 1 aliphatic carbocycles. The number of hydrogen-bond donors (Lipinski definition) is 3. The minimum absolute atomic E-state index is 0.0114. The second kappa shape index (κ2) is 5.48. The van der Waals surface area contributed by atoms with Crippen molar-refractivity contribution in [1.82, 2.24) is 21.1 Å². The zero-order valence-corrected chi connectivity index (χ0v) is 14.1. The highest BCUT2D eigenvalue weighted by atomic mass is 32.2. The van der Waals surface area contributed by atoms with Gasteiger partial charge < -0.3 is 10.2 Å². The molecule has 3 aliphatic rings. The van der Waals surface area contributed by atoms with Crippen LogP contribution < -0.4 is 16.1 Å². The molecule has 2 fully saturated rings. The molecule has 5 rings (SSSR count). The quantitative estimate of drug-likeness (QED) is 0.702. The molecule has 0 saturated carbocycles. The van der Waals surface area contributed by atoms with Crippen LogP contribution in [0.4, 0.5) is 15.0 Å². The van der Waals surface area contributed by atoms with Gasteiger partial charge in [0, 0.05) is 28.2 Å². The van der Waals surface area contributed by atoms with Gasteiger partial charge in [0.25, 0.3) is 0 Å². The van der Waals surface area contributed by atoms with Gasteiger partial charge in [0.1, 0.15) is 5.82 Å². The van der Waals surface area contributed by atoms with Crippen LogP contribution in [-0.2, 0) is 27.7 Å². The number of carbonyl (C=O) groups excluding carboxylic acids is 1. The van der Waals surface area contributed by atoms with Crippen molar-refractivity contribution in [2.75, 3.05) is 16.8 Å². The second-order valence-electron chi connectivity index (χ2n) is 6.60. The lowest BCUT2D eigenvalue weighted by atomic mass is 9.69. The number of carbonyl (C=O) groups is 1. The van der Waals surface area contributed by atoms with Gasteiger partial charge in [0.15, 0.2) is 17.2 Å². The van der Waals surface area contributed by atoms with E-state index in [1.165, 1.54) is 12.1 Å². The Morgan fingerprint density at radius 3 is 2.92 bits per heavy atom. The summed E-state index contributed by atoms with van der Waals surface area (Å²) in [6, 6.07) is 4.55. The molecule has 1 aromatic heterocycles. The van der Waals surface area contributed by atoms with E-state index in [0.29, 0.717) is 29.4 Å². The van der Waals surface area contributed by atoms with Crippen LogP contribution in [0.2, 0.25) is 0 Å². The molecule has 1 amide bonds. The highest BCUT2D eigenvalue weighted by Crippen LogP contribution is 2.48. The standard InChI is InChI=1S/C15H14FN5O4S/c16-8-2-1-7-3-11(10(7)4-8)15(18-14(22)24-21-15)12-13(20-25-19-12)17-9-5-26(23)6-9/h1-2,4,9,11,21H,3,5-6H2,(H,17,20)(H,18,22). The van der Waals surface area contributed by atoms with Gasteiger partial charge in [0.2, 0.25) is 0 Å². The predicted octanol–water partition coefficient (Wildman–Crippen LogP) is 0.489. The van der Waals surface area contributed by atoms with Crippen LogP contribution in [0, 0.1) is 5.82 Å². The van der Waals surface area contributed by atoms with Gasteiger partial charge in [-0.3, -0.25) is 9.53 Å². The number of aromatic nitrogens is 2. The molecule has 26 heavy (non-hydrogen) atoms. The van der Waals surface area contributed by atoms with Crippen LogP contribution in [0.15, 0.2) is 22.8 Å². The molecule has 0 radical (unpaired) electrons. The number of rotatable bonds is 4. The van der Waals surface area contributed by atoms with Crippen LogP contribution >= 0.6 is 0 Å². The van der Waals surface area contributed by atoms with Crippen LogP contribution in [0.5, 0.6) is 0 Å². The summed E-state index contributed by atoms with van der Waals surface area (Å²) in [5, 5.41) is 13.7. The molecule has 2 saturated heterocycles. The number of nitrogens with zero attached hydrogens (tertiary/aromatic N) is 2. The van der Waals surface area contributed by atoms with E-state index in [9.17, 15) is 13.4 Å². The lowest BCUT2D eigenvalue weighted by Crippen LogP contribution is -2.55. The van der Waals surface area contributed by atoms with Crippen molar-refractivity contribution in [2.45, 2.75) is 24.0 Å². The monoisotopic (exact) mass is 379 g/mol. The Hall–Kier alpha value is -2.53. The average Bonchev–Trinajstić information content (AvgIpc) is 3.17. The van der Waals surface area contributed by atoms with Crippen molar-refractivity contribution in [2.24, 2.45) is 0 Å². The fourth-order valence-electron chi connectivity index (χ4n) is 3.65. The first-order valence-electron chi connectivity index (χ1n) is 8.04. The number of hydroxylamine groups is 1. The number of anilines is 1. The van der Waals surface area contributed by atoms with Crippen molar-refractivity contribution < 1.29 is 22.9 Å². The van der Waals surface area contributed by atoms with E-state index in [1.54, 1.807) is 6.07 Å². The van der Waals surface area contributed by atoms with Gasteiger partial charge in [-0.1, -0.05) is 6.07 Å². The maximum atomic E-state index is 13.7. The molecule has 1 aromatic carbocycles. The van der Waals surface area contributed by atoms with Gasteiger partial charge in [-0.15, -0.1) is 5.48 Å². The summed E-state index contributed by atoms with van der Waals surface area (Å²) in [6.45, 7) is 0. The van der Waals surface area contributed by atoms with Crippen LogP contribution in [0.25, 0.3) is 0 Å². The molecule has 3 heterocycles. The highest BCUT2D eigenvalue weighted by molar-refractivity contribution is 7.86. The van der Waals surface area contributed by atoms with Gasteiger partial charge in [0.05, 0.1) is 6.04 Å². The van der Waals surface area contributed by atoms with Crippen LogP contribution in [0.3, 0.4) is 0 Å². The fourth-order valence-corrected chi connectivity index (χ4v) is 4.62. The lowest BCUT2D eigenvalue weighted by molar-refractivity contribution is 0.0704. The summed E-state index contributed by atoms with van der Waals surface area (Å²) in [6.07, 6.45) is -0.0834. The summed E-state index contributed by atoms with van der Waals surface area (Å²) in [7, 11) is -0.833. The third-order valence-corrected chi connectivity index (χ3v) is 6.56. The molecule has 0 bridgehead atoms. The van der Waals surface area contributed by atoms with E-state index >= 15 is 0 Å². The number of hydrogen-bond acceptors (Lipinski definition) is 8. The van der Waals surface area contributed by atoms with Crippen LogP contribution in [-0.4, -0.2) is 38.2 Å². The minimum atomic E-state index is -1.23. The fraction of sp³-hybridized carbons (Fsp3) is 0.400. The maximum Gasteiger partial charge on any atom is 0.428 e. The van der Waals surface area contributed by atoms with E-state index in [4.69, 9.17) is 9.47 Å². The Morgan fingerprint density at radius 1 is 1.35 bits per heavy atom. The van der Waals surface area contributed by atoms with Gasteiger partial charge in [-0.25, -0.2) is 13.8 Å². The number of halogens is 1. The van der Waals surface area contributed by atoms with Gasteiger partial charge >= 0.3 is 6.09 Å². The Morgan fingerprint density at radius 2 is 2.19 bits per heavy atom. The Kier molecular flexibility index (Phi) is 3.31. The van der Waals surface area contributed by atoms with E-state index in [0.717, 1.165) is 11.1 Å². The molecule has 136 valence electrons. The first-order chi connectivity index (χ1) is 12.5. The summed E-state index contributed by atoms with van der Waals surface area (Å²) >= 11 is 0. The van der Waals surface area contributed by atoms with Crippen LogP contribution in [0.1, 0.15) is 22.7 Å². The van der Waals surface area contributed by atoms with Crippen molar-refractivity contribution in [3.05, 3.63) is 40.8 Å².